The molecule has 7 heteroatoms. The normalized spacial score (nSPS) is 10.6. The Kier molecular flexibility index (Phi) is 3.60. The first-order valence-corrected chi connectivity index (χ1v) is 6.03. The van der Waals surface area contributed by atoms with E-state index in [9.17, 15) is 9.59 Å². The summed E-state index contributed by atoms with van der Waals surface area (Å²) >= 11 is 0. The quantitative estimate of drug-likeness (QED) is 0.785. The first-order chi connectivity index (χ1) is 9.40. The van der Waals surface area contributed by atoms with Crippen LogP contribution in [0.15, 0.2) is 10.6 Å². The number of aryl methyl sites for hydroxylation is 2. The number of carbonyl (C=O) groups excluding carboxylic acids is 1. The van der Waals surface area contributed by atoms with Gasteiger partial charge in [-0.3, -0.25) is 4.79 Å². The predicted molar refractivity (Wildman–Crippen MR) is 69.6 cm³/mol. The van der Waals surface area contributed by atoms with Crippen LogP contribution in [0.5, 0.6) is 0 Å². The first kappa shape index (κ1) is 13.9. The molecule has 0 unspecified atom stereocenters. The Hall–Kier alpha value is -2.57. The number of nitrogens with one attached hydrogen (secondary N) is 2. The van der Waals surface area contributed by atoms with Crippen LogP contribution in [0.25, 0.3) is 0 Å². The van der Waals surface area contributed by atoms with Gasteiger partial charge >= 0.3 is 5.97 Å². The molecule has 106 valence electrons. The molecule has 0 saturated heterocycles. The van der Waals surface area contributed by atoms with Gasteiger partial charge in [0.25, 0.3) is 5.91 Å². The van der Waals surface area contributed by atoms with Gasteiger partial charge in [0.1, 0.15) is 5.69 Å². The first-order valence-electron chi connectivity index (χ1n) is 6.03. The average Bonchev–Trinajstić information content (AvgIpc) is 2.91. The maximum absolute atomic E-state index is 12.1. The molecule has 0 atom stereocenters. The summed E-state index contributed by atoms with van der Waals surface area (Å²) < 4.78 is 4.99. The van der Waals surface area contributed by atoms with E-state index in [0.29, 0.717) is 22.6 Å². The molecule has 3 N–H and O–H groups in total. The van der Waals surface area contributed by atoms with Crippen molar-refractivity contribution < 1.29 is 19.2 Å². The van der Waals surface area contributed by atoms with Gasteiger partial charge in [-0.1, -0.05) is 5.16 Å². The van der Waals surface area contributed by atoms with E-state index >= 15 is 0 Å². The number of H-pyrrole nitrogens is 1. The van der Waals surface area contributed by atoms with Crippen molar-refractivity contribution in [2.24, 2.45) is 0 Å². The Morgan fingerprint density at radius 1 is 1.40 bits per heavy atom. The van der Waals surface area contributed by atoms with Gasteiger partial charge < -0.3 is 19.9 Å². The Balaban J connectivity index is 2.15. The summed E-state index contributed by atoms with van der Waals surface area (Å²) in [6, 6.07) is 1.72. The highest BCUT2D eigenvalue weighted by Crippen LogP contribution is 2.18. The third kappa shape index (κ3) is 2.56. The lowest BCUT2D eigenvalue weighted by molar-refractivity contribution is 0.0690. The second-order valence-corrected chi connectivity index (χ2v) is 4.55. The standard InChI is InChI=1S/C13H15N3O4/c1-6-4-9(20-16-6)5-14-12(17)10-7(2)11(13(18)19)15-8(10)3/h4,15H,5H2,1-3H3,(H,14,17)(H,18,19). The fourth-order valence-electron chi connectivity index (χ4n) is 2.06. The van der Waals surface area contributed by atoms with Gasteiger partial charge in [-0.05, 0) is 26.3 Å². The van der Waals surface area contributed by atoms with Gasteiger partial charge in [0.2, 0.25) is 0 Å². The van der Waals surface area contributed by atoms with Crippen molar-refractivity contribution in [2.45, 2.75) is 27.3 Å². The van der Waals surface area contributed by atoms with Gasteiger partial charge in [0.15, 0.2) is 5.76 Å². The fraction of sp³-hybridized carbons (Fsp3) is 0.308. The van der Waals surface area contributed by atoms with Crippen molar-refractivity contribution >= 4 is 11.9 Å². The van der Waals surface area contributed by atoms with Crippen molar-refractivity contribution in [1.29, 1.82) is 0 Å². The number of aromatic nitrogens is 2. The number of carboxylic acid groups (broad SMARTS) is 1. The number of nitrogens with zero attached hydrogens (tertiary/aromatic N) is 1. The molecule has 0 aliphatic rings. The minimum atomic E-state index is -1.09. The van der Waals surface area contributed by atoms with Crippen molar-refractivity contribution in [3.8, 4) is 0 Å². The highest BCUT2D eigenvalue weighted by atomic mass is 16.5. The number of carboxylic acids is 1. The minimum Gasteiger partial charge on any atom is -0.477 e. The second kappa shape index (κ2) is 5.20. The molecule has 2 rings (SSSR count). The lowest BCUT2D eigenvalue weighted by Gasteiger charge is -2.03. The lowest BCUT2D eigenvalue weighted by atomic mass is 10.1. The van der Waals surface area contributed by atoms with Crippen LogP contribution in [-0.4, -0.2) is 27.1 Å². The molecule has 2 heterocycles. The maximum atomic E-state index is 12.1. The highest BCUT2D eigenvalue weighted by molar-refractivity contribution is 6.00. The summed E-state index contributed by atoms with van der Waals surface area (Å²) in [7, 11) is 0. The summed E-state index contributed by atoms with van der Waals surface area (Å²) in [5.74, 6) is -0.895. The molecule has 0 spiro atoms. The fourth-order valence-corrected chi connectivity index (χ4v) is 2.06. The van der Waals surface area contributed by atoms with E-state index in [4.69, 9.17) is 9.63 Å². The number of amides is 1. The summed E-state index contributed by atoms with van der Waals surface area (Å²) in [5, 5.41) is 15.4. The van der Waals surface area contributed by atoms with Gasteiger partial charge in [0, 0.05) is 11.8 Å². The molecule has 0 fully saturated rings. The summed E-state index contributed by atoms with van der Waals surface area (Å²) in [6.45, 7) is 5.24. The van der Waals surface area contributed by atoms with Gasteiger partial charge in [-0.15, -0.1) is 0 Å². The smallest absolute Gasteiger partial charge is 0.352 e. The Morgan fingerprint density at radius 2 is 2.10 bits per heavy atom. The van der Waals surface area contributed by atoms with E-state index in [-0.39, 0.29) is 18.1 Å². The number of aromatic carboxylic acids is 1. The molecule has 20 heavy (non-hydrogen) atoms. The molecule has 7 nitrogen and oxygen atoms in total. The summed E-state index contributed by atoms with van der Waals surface area (Å²) in [4.78, 5) is 25.8. The third-order valence-corrected chi connectivity index (χ3v) is 2.98. The molecule has 2 aromatic heterocycles. The van der Waals surface area contributed by atoms with Crippen molar-refractivity contribution in [2.75, 3.05) is 0 Å². The largest absolute Gasteiger partial charge is 0.477 e. The topological polar surface area (TPSA) is 108 Å². The predicted octanol–water partition coefficient (Wildman–Crippen LogP) is 1.56. The van der Waals surface area contributed by atoms with E-state index in [2.05, 4.69) is 15.5 Å². The monoisotopic (exact) mass is 277 g/mol. The summed E-state index contributed by atoms with van der Waals surface area (Å²) in [5.41, 5.74) is 2.05. The number of hydrogen-bond donors (Lipinski definition) is 3. The Labute approximate surface area is 115 Å². The van der Waals surface area contributed by atoms with Crippen LogP contribution in [0, 0.1) is 20.8 Å². The minimum absolute atomic E-state index is 0.0307. The molecule has 0 aromatic carbocycles. The van der Waals surface area contributed by atoms with E-state index < -0.39 is 5.97 Å². The number of rotatable bonds is 4. The van der Waals surface area contributed by atoms with E-state index in [1.807, 2.05) is 0 Å². The maximum Gasteiger partial charge on any atom is 0.352 e. The Bertz CT molecular complexity index is 669. The van der Waals surface area contributed by atoms with Crippen LogP contribution in [0.2, 0.25) is 0 Å². The second-order valence-electron chi connectivity index (χ2n) is 4.55. The van der Waals surface area contributed by atoms with Crippen LogP contribution >= 0.6 is 0 Å². The molecule has 0 aliphatic carbocycles. The average molecular weight is 277 g/mol. The zero-order chi connectivity index (χ0) is 14.9. The lowest BCUT2D eigenvalue weighted by Crippen LogP contribution is -2.23. The summed E-state index contributed by atoms with van der Waals surface area (Å²) in [6.07, 6.45) is 0. The molecular formula is C13H15N3O4. The molecule has 0 aliphatic heterocycles. The van der Waals surface area contributed by atoms with Crippen LogP contribution in [0.3, 0.4) is 0 Å². The number of hydrogen-bond acceptors (Lipinski definition) is 4. The van der Waals surface area contributed by atoms with Gasteiger partial charge in [-0.25, -0.2) is 4.79 Å². The molecule has 1 amide bonds. The van der Waals surface area contributed by atoms with Crippen molar-refractivity contribution in [1.82, 2.24) is 15.5 Å². The van der Waals surface area contributed by atoms with Crippen LogP contribution in [-0.2, 0) is 6.54 Å². The van der Waals surface area contributed by atoms with E-state index in [1.165, 1.54) is 0 Å². The third-order valence-electron chi connectivity index (χ3n) is 2.98. The zero-order valence-corrected chi connectivity index (χ0v) is 11.4. The van der Waals surface area contributed by atoms with Crippen molar-refractivity contribution in [3.05, 3.63) is 40.0 Å². The molecule has 2 aromatic rings. The van der Waals surface area contributed by atoms with E-state index in [0.717, 1.165) is 5.69 Å². The van der Waals surface area contributed by atoms with E-state index in [1.54, 1.807) is 26.8 Å². The highest BCUT2D eigenvalue weighted by Gasteiger charge is 2.21. The number of aromatic amines is 1. The zero-order valence-electron chi connectivity index (χ0n) is 11.4. The molecule has 0 saturated carbocycles. The van der Waals surface area contributed by atoms with Gasteiger partial charge in [0.05, 0.1) is 17.8 Å². The molecular weight excluding hydrogens is 262 g/mol. The number of carbonyl (C=O) groups is 2. The van der Waals surface area contributed by atoms with Crippen LogP contribution in [0.1, 0.15) is 43.6 Å². The molecule has 0 radical (unpaired) electrons. The van der Waals surface area contributed by atoms with Crippen molar-refractivity contribution in [3.63, 3.8) is 0 Å². The molecule has 0 bridgehead atoms. The Morgan fingerprint density at radius 3 is 2.60 bits per heavy atom. The SMILES string of the molecule is Cc1cc(CNC(=O)c2c(C)[nH]c(C(=O)O)c2C)on1. The van der Waals surface area contributed by atoms with Crippen LogP contribution in [0.4, 0.5) is 0 Å². The van der Waals surface area contributed by atoms with Crippen LogP contribution < -0.4 is 5.32 Å². The van der Waals surface area contributed by atoms with Gasteiger partial charge in [-0.2, -0.15) is 0 Å².